The summed E-state index contributed by atoms with van der Waals surface area (Å²) in [6.45, 7) is 7.20. The topological polar surface area (TPSA) is 363 Å². The van der Waals surface area contributed by atoms with E-state index >= 15 is 4.79 Å². The van der Waals surface area contributed by atoms with Gasteiger partial charge in [-0.3, -0.25) is 24.2 Å². The van der Waals surface area contributed by atoms with E-state index in [2.05, 4.69) is 30.8 Å². The molecule has 2 amide bonds. The largest absolute Gasteiger partial charge is 0.504 e. The summed E-state index contributed by atoms with van der Waals surface area (Å²) in [6.07, 6.45) is -3.88. The van der Waals surface area contributed by atoms with E-state index in [1.165, 1.54) is 44.3 Å². The Kier molecular flexibility index (Phi) is 18.8. The van der Waals surface area contributed by atoms with Crippen LogP contribution in [0.2, 0.25) is 0 Å². The highest BCUT2D eigenvalue weighted by molar-refractivity contribution is 7.87. The van der Waals surface area contributed by atoms with E-state index in [4.69, 9.17) is 36.8 Å². The maximum atomic E-state index is 15.0. The zero-order chi connectivity index (χ0) is 53.4. The number of pyridine rings is 1. The van der Waals surface area contributed by atoms with Gasteiger partial charge in [0.1, 0.15) is 43.3 Å². The summed E-state index contributed by atoms with van der Waals surface area (Å²) < 4.78 is 38.7. The van der Waals surface area contributed by atoms with Crippen molar-refractivity contribution in [1.82, 2.24) is 19.9 Å². The first-order valence-corrected chi connectivity index (χ1v) is 24.8. The van der Waals surface area contributed by atoms with Gasteiger partial charge in [0.15, 0.2) is 23.1 Å². The molecule has 0 saturated carbocycles. The van der Waals surface area contributed by atoms with Gasteiger partial charge in [-0.05, 0) is 64.9 Å². The molecule has 4 aromatic rings. The summed E-state index contributed by atoms with van der Waals surface area (Å²) in [5, 5.41) is 50.7. The number of Topliss-reactive ketones (excluding diaryl/α,β-unsaturated/α-hetero) is 2. The average Bonchev–Trinajstić information content (AvgIpc) is 3.32. The van der Waals surface area contributed by atoms with Crippen LogP contribution in [0.25, 0.3) is 22.4 Å². The van der Waals surface area contributed by atoms with Gasteiger partial charge < -0.3 is 57.3 Å². The number of aromatic hydroxyl groups is 1. The number of carbonyl (C=O) groups excluding carboxylic acids is 4. The van der Waals surface area contributed by atoms with E-state index in [0.29, 0.717) is 16.8 Å². The number of hydrogen-bond donors (Lipinski definition) is 10. The van der Waals surface area contributed by atoms with Crippen LogP contribution < -0.4 is 41.9 Å². The molecule has 0 saturated heterocycles. The van der Waals surface area contributed by atoms with Gasteiger partial charge in [0.05, 0.1) is 11.6 Å². The van der Waals surface area contributed by atoms with Crippen molar-refractivity contribution in [3.63, 3.8) is 0 Å². The number of carboxylic acids is 1. The third-order valence-corrected chi connectivity index (χ3v) is 12.9. The maximum absolute atomic E-state index is 15.0. The number of aliphatic hydroxyl groups excluding tert-OH is 2. The Morgan fingerprint density at radius 1 is 0.917 bits per heavy atom. The molecule has 22 heteroatoms. The molecule has 390 valence electrons. The van der Waals surface area contributed by atoms with E-state index in [9.17, 15) is 48.0 Å². The highest BCUT2D eigenvalue weighted by atomic mass is 32.2. The highest BCUT2D eigenvalue weighted by Crippen LogP contribution is 2.45. The second kappa shape index (κ2) is 23.9. The average molecular weight is 1020 g/mol. The highest BCUT2D eigenvalue weighted by Gasteiger charge is 2.38. The monoisotopic (exact) mass is 1020 g/mol. The summed E-state index contributed by atoms with van der Waals surface area (Å²) in [4.78, 5) is 76.3. The number of benzene rings is 3. The first kappa shape index (κ1) is 56.5. The molecule has 1 aliphatic heterocycles. The number of nitrogens with zero attached hydrogens (tertiary/aromatic N) is 2. The molecular weight excluding hydrogens is 953 g/mol. The molecule has 0 unspecified atom stereocenters. The Labute approximate surface area is 418 Å². The molecule has 5 rings (SSSR count). The van der Waals surface area contributed by atoms with Crippen molar-refractivity contribution in [1.29, 1.82) is 0 Å². The Hall–Kier alpha value is -6.37. The van der Waals surface area contributed by atoms with Crippen LogP contribution in [0.5, 0.6) is 17.2 Å². The van der Waals surface area contributed by atoms with Crippen molar-refractivity contribution in [3.05, 3.63) is 94.2 Å². The molecule has 72 heavy (non-hydrogen) atoms. The molecule has 1 aromatic heterocycles. The molecule has 0 fully saturated rings. The number of amides is 2. The fourth-order valence-corrected chi connectivity index (χ4v) is 8.74. The van der Waals surface area contributed by atoms with Crippen molar-refractivity contribution in [2.75, 3.05) is 39.9 Å². The van der Waals surface area contributed by atoms with Gasteiger partial charge in [-0.1, -0.05) is 58.0 Å². The zero-order valence-electron chi connectivity index (χ0n) is 41.2. The number of phenols is 1. The van der Waals surface area contributed by atoms with Crippen LogP contribution in [0.3, 0.4) is 0 Å². The molecule has 4 bridgehead atoms. The summed E-state index contributed by atoms with van der Waals surface area (Å²) in [5.74, 6) is -8.16. The molecule has 21 nitrogen and oxygen atoms in total. The number of ether oxygens (including phenoxy) is 2. The van der Waals surface area contributed by atoms with E-state index in [-0.39, 0.29) is 77.5 Å². The predicted molar refractivity (Wildman–Crippen MR) is 267 cm³/mol. The Morgan fingerprint density at radius 2 is 1.54 bits per heavy atom. The van der Waals surface area contributed by atoms with Gasteiger partial charge in [-0.15, -0.1) is 0 Å². The van der Waals surface area contributed by atoms with Crippen LogP contribution in [-0.4, -0.2) is 126 Å². The van der Waals surface area contributed by atoms with E-state index in [1.807, 2.05) is 24.3 Å². The minimum Gasteiger partial charge on any atom is -0.504 e. The number of ketones is 2. The molecule has 0 aliphatic carbocycles. The Bertz CT molecular complexity index is 2770. The van der Waals surface area contributed by atoms with Gasteiger partial charge in [-0.2, -0.15) is 8.42 Å². The van der Waals surface area contributed by atoms with Crippen LogP contribution in [0.15, 0.2) is 60.7 Å². The summed E-state index contributed by atoms with van der Waals surface area (Å²) in [6, 6.07) is 13.3. The van der Waals surface area contributed by atoms with E-state index in [1.54, 1.807) is 13.0 Å². The number of likely N-dealkylation sites (N-methyl/N-ethyl adjacent to an activating group) is 1. The smallest absolute Gasteiger partial charge is 0.326 e. The number of fused-ring (bicyclic) bond motifs is 5. The van der Waals surface area contributed by atoms with Gasteiger partial charge in [-0.25, -0.2) is 14.7 Å². The zero-order valence-corrected chi connectivity index (χ0v) is 42.0. The second-order valence-corrected chi connectivity index (χ2v) is 20.4. The van der Waals surface area contributed by atoms with Crippen LogP contribution in [0.4, 0.5) is 0 Å². The summed E-state index contributed by atoms with van der Waals surface area (Å²) in [7, 11) is -3.26. The van der Waals surface area contributed by atoms with E-state index < -0.39 is 107 Å². The molecule has 2 heterocycles. The van der Waals surface area contributed by atoms with Crippen molar-refractivity contribution >= 4 is 39.6 Å². The third kappa shape index (κ3) is 14.2. The fraction of sp³-hybridized carbons (Fsp3) is 0.440. The minimum absolute atomic E-state index is 0.0339. The number of rotatable bonds is 19. The number of aryl methyl sites for hydroxylation is 1. The lowest BCUT2D eigenvalue weighted by molar-refractivity contribution is -0.143. The minimum atomic E-state index is -4.48. The number of aliphatic hydroxyl groups is 2. The molecular formula is C50H66N8O13S. The summed E-state index contributed by atoms with van der Waals surface area (Å²) in [5.41, 5.74) is 20.9. The number of aromatic nitrogens is 1. The Balaban J connectivity index is 1.68. The molecule has 1 aliphatic rings. The first-order valence-electron chi connectivity index (χ1n) is 23.2. The number of carboxylic acid groups (broad SMARTS) is 1. The van der Waals surface area contributed by atoms with Crippen LogP contribution in [-0.2, 0) is 47.8 Å². The van der Waals surface area contributed by atoms with Gasteiger partial charge in [0.2, 0.25) is 11.8 Å². The summed E-state index contributed by atoms with van der Waals surface area (Å²) >= 11 is 0. The number of aliphatic carboxylic acids is 1. The normalized spacial score (nSPS) is 17.8. The third-order valence-electron chi connectivity index (χ3n) is 12.3. The number of nitrogens with two attached hydrogens (primary N) is 4. The lowest BCUT2D eigenvalue weighted by atomic mass is 9.86. The quantitative estimate of drug-likeness (QED) is 0.0595. The van der Waals surface area contributed by atoms with Crippen LogP contribution in [0, 0.1) is 18.8 Å². The van der Waals surface area contributed by atoms with Crippen molar-refractivity contribution in [2.45, 2.75) is 90.1 Å². The number of nitrogens with one attached hydrogen (secondary N) is 2. The van der Waals surface area contributed by atoms with Crippen molar-refractivity contribution in [2.24, 2.45) is 34.2 Å². The van der Waals surface area contributed by atoms with Gasteiger partial charge in [0.25, 0.3) is 10.2 Å². The SMILES string of the molecule is Cc1nc(-c2ccc(C(C)(C)C)cc2)cc(CN)c1C(=O)C[C@@H](CNS(N)(=O)=O)C(=O)N(C)[C@@H]1C(=O)C[C@@H](C)C(=O)N[C@H](C(=O)O)Cc2ccc(OC[C@H](O)CN)c(c2)-c2cc1cc(OC[C@H](O)CN)c2O. The molecule has 3 aromatic carbocycles. The van der Waals surface area contributed by atoms with Crippen molar-refractivity contribution < 1.29 is 62.3 Å². The standard InChI is InChI=1S/C50H66N8O13S/c1-26-13-41(62)45(58(6)48(65)32(23-55-72(54,68)69)18-40(61)44-27(2)56-38(17-31(44)20-51)29-8-10-33(11-9-29)50(3,4)5)30-16-37(46(63)43(19-30)71-25-35(60)22-53)36-14-28(15-39(49(66)67)57-47(26)64)7-12-42(36)70-24-34(59)21-52/h7-12,14,16-17,19,26,32,34-35,39,45,55,59-60,63H,13,15,18,20-25,51-53H2,1-6H3,(H,57,64)(H,66,67)(H2,54,68,69)/t26-,32+,34-,35-,39+,45+/m1/s1. The maximum Gasteiger partial charge on any atom is 0.326 e. The number of hydrogen-bond acceptors (Lipinski definition) is 16. The number of phenolic OH excluding ortho intramolecular Hbond substituents is 1. The van der Waals surface area contributed by atoms with Crippen LogP contribution >= 0.6 is 0 Å². The van der Waals surface area contributed by atoms with E-state index in [0.717, 1.165) is 16.0 Å². The lowest BCUT2D eigenvalue weighted by Gasteiger charge is -2.32. The fourth-order valence-electron chi connectivity index (χ4n) is 8.31. The van der Waals surface area contributed by atoms with Gasteiger partial charge >= 0.3 is 5.97 Å². The molecule has 6 atom stereocenters. The molecule has 0 spiro atoms. The first-order chi connectivity index (χ1) is 33.8. The van der Waals surface area contributed by atoms with Gasteiger partial charge in [0, 0.05) is 86.4 Å². The molecule has 0 radical (unpaired) electrons. The lowest BCUT2D eigenvalue weighted by Crippen LogP contribution is -2.46. The molecule has 14 N–H and O–H groups in total. The Morgan fingerprint density at radius 3 is 2.11 bits per heavy atom. The number of carbonyl (C=O) groups is 5. The van der Waals surface area contributed by atoms with Crippen LogP contribution in [0.1, 0.15) is 84.9 Å². The second-order valence-electron chi connectivity index (χ2n) is 19.0. The van der Waals surface area contributed by atoms with Crippen molar-refractivity contribution in [3.8, 4) is 39.6 Å². The predicted octanol–water partition coefficient (Wildman–Crippen LogP) is 1.49.